The van der Waals surface area contributed by atoms with Crippen LogP contribution >= 0.6 is 0 Å². The molecule has 1 N–H and O–H groups in total. The first-order chi connectivity index (χ1) is 12.6. The highest BCUT2D eigenvalue weighted by Gasteiger charge is 2.62. The summed E-state index contributed by atoms with van der Waals surface area (Å²) >= 11 is 0. The summed E-state index contributed by atoms with van der Waals surface area (Å²) in [5.41, 5.74) is 0.979. The molecule has 0 aromatic heterocycles. The lowest BCUT2D eigenvalue weighted by atomic mass is 9.48. The summed E-state index contributed by atoms with van der Waals surface area (Å²) in [6.45, 7) is 8.56. The number of carbonyl (C=O) groups is 1. The van der Waals surface area contributed by atoms with Crippen LogP contribution in [0.1, 0.15) is 65.7 Å². The second-order valence-electron chi connectivity index (χ2n) is 10.7. The predicted octanol–water partition coefficient (Wildman–Crippen LogP) is 3.66. The number of likely N-dealkylation sites (N-methyl/N-ethyl adjacent to an activating group) is 1. The zero-order chi connectivity index (χ0) is 19.6. The van der Waals surface area contributed by atoms with Crippen molar-refractivity contribution >= 4 is 5.91 Å². The Kier molecular flexibility index (Phi) is 4.55. The lowest BCUT2D eigenvalue weighted by Crippen LogP contribution is -2.56. The average molecular weight is 375 g/mol. The SMILES string of the molecule is CN(C)CCN1C(=O)CC[C@]2(C)C1=CC[C@@H]1[C@H]3CC[C@@](C)(O)[C@]3(C)CC[C@@H]12. The van der Waals surface area contributed by atoms with Crippen molar-refractivity contribution in [2.45, 2.75) is 71.3 Å². The Morgan fingerprint density at radius 1 is 1.15 bits per heavy atom. The molecule has 0 spiro atoms. The fourth-order valence-electron chi connectivity index (χ4n) is 7.23. The van der Waals surface area contributed by atoms with E-state index in [0.29, 0.717) is 30.1 Å². The van der Waals surface area contributed by atoms with Gasteiger partial charge in [0.1, 0.15) is 0 Å². The molecule has 0 unspecified atom stereocenters. The lowest BCUT2D eigenvalue weighted by molar-refractivity contribution is -0.141. The van der Waals surface area contributed by atoms with Gasteiger partial charge in [0, 0.05) is 30.6 Å². The van der Waals surface area contributed by atoms with Gasteiger partial charge in [-0.3, -0.25) is 4.79 Å². The maximum Gasteiger partial charge on any atom is 0.226 e. The van der Waals surface area contributed by atoms with Gasteiger partial charge in [0.15, 0.2) is 0 Å². The highest BCUT2D eigenvalue weighted by molar-refractivity contribution is 5.80. The molecule has 4 nitrogen and oxygen atoms in total. The third-order valence-electron chi connectivity index (χ3n) is 9.21. The average Bonchev–Trinajstić information content (AvgIpc) is 2.84. The van der Waals surface area contributed by atoms with Gasteiger partial charge in [-0.25, -0.2) is 0 Å². The van der Waals surface area contributed by atoms with Crippen LogP contribution in [-0.2, 0) is 4.79 Å². The smallest absolute Gasteiger partial charge is 0.226 e. The molecule has 1 aliphatic heterocycles. The van der Waals surface area contributed by atoms with Gasteiger partial charge in [0.2, 0.25) is 5.91 Å². The van der Waals surface area contributed by atoms with E-state index >= 15 is 0 Å². The minimum atomic E-state index is -0.520. The van der Waals surface area contributed by atoms with Crippen molar-refractivity contribution < 1.29 is 9.90 Å². The standard InChI is InChI=1S/C23H38N2O2/c1-21-11-10-20(26)25(15-14-24(4)5)19(21)7-6-16-17(21)8-12-22(2)18(16)9-13-23(22,3)27/h7,16-18,27H,6,8-15H2,1-5H3/t16-,17-,18+,21-,22+,23+/m0/s1. The normalized spacial score (nSPS) is 46.8. The molecule has 0 radical (unpaired) electrons. The first-order valence-corrected chi connectivity index (χ1v) is 11.0. The minimum Gasteiger partial charge on any atom is -0.390 e. The van der Waals surface area contributed by atoms with Crippen molar-refractivity contribution in [2.75, 3.05) is 27.2 Å². The molecule has 4 rings (SSSR count). The van der Waals surface area contributed by atoms with E-state index in [1.54, 1.807) is 0 Å². The molecule has 0 bridgehead atoms. The maximum atomic E-state index is 12.7. The molecular weight excluding hydrogens is 336 g/mol. The van der Waals surface area contributed by atoms with Crippen LogP contribution in [0.2, 0.25) is 0 Å². The Balaban J connectivity index is 1.65. The number of hydrogen-bond donors (Lipinski definition) is 1. The molecule has 3 fully saturated rings. The molecule has 0 aromatic rings. The van der Waals surface area contributed by atoms with Gasteiger partial charge < -0.3 is 14.9 Å². The summed E-state index contributed by atoms with van der Waals surface area (Å²) in [7, 11) is 4.15. The molecule has 1 amide bonds. The topological polar surface area (TPSA) is 43.8 Å². The van der Waals surface area contributed by atoms with E-state index in [2.05, 4.69) is 50.7 Å². The van der Waals surface area contributed by atoms with Crippen molar-refractivity contribution in [3.05, 3.63) is 11.8 Å². The fourth-order valence-corrected chi connectivity index (χ4v) is 7.23. The number of piperidine rings is 1. The van der Waals surface area contributed by atoms with E-state index in [4.69, 9.17) is 0 Å². The maximum absolute atomic E-state index is 12.7. The summed E-state index contributed by atoms with van der Waals surface area (Å²) < 4.78 is 0. The van der Waals surface area contributed by atoms with Crippen molar-refractivity contribution in [1.29, 1.82) is 0 Å². The van der Waals surface area contributed by atoms with E-state index in [1.807, 2.05) is 0 Å². The third-order valence-corrected chi connectivity index (χ3v) is 9.21. The van der Waals surface area contributed by atoms with Crippen molar-refractivity contribution in [3.8, 4) is 0 Å². The van der Waals surface area contributed by atoms with Crippen molar-refractivity contribution in [3.63, 3.8) is 0 Å². The van der Waals surface area contributed by atoms with Gasteiger partial charge in [0.25, 0.3) is 0 Å². The van der Waals surface area contributed by atoms with Gasteiger partial charge in [0.05, 0.1) is 5.60 Å². The second kappa shape index (κ2) is 6.32. The lowest BCUT2D eigenvalue weighted by Gasteiger charge is -2.59. The molecule has 1 saturated heterocycles. The van der Waals surface area contributed by atoms with Crippen LogP contribution in [0.3, 0.4) is 0 Å². The fraction of sp³-hybridized carbons (Fsp3) is 0.870. The van der Waals surface area contributed by atoms with E-state index in [9.17, 15) is 9.90 Å². The Hall–Kier alpha value is -0.870. The van der Waals surface area contributed by atoms with E-state index in [-0.39, 0.29) is 10.8 Å². The van der Waals surface area contributed by atoms with Gasteiger partial charge >= 0.3 is 0 Å². The van der Waals surface area contributed by atoms with Crippen LogP contribution in [0.15, 0.2) is 11.8 Å². The molecule has 0 aromatic carbocycles. The minimum absolute atomic E-state index is 0.0605. The van der Waals surface area contributed by atoms with E-state index in [0.717, 1.165) is 45.2 Å². The van der Waals surface area contributed by atoms with Crippen molar-refractivity contribution in [2.24, 2.45) is 28.6 Å². The summed E-state index contributed by atoms with van der Waals surface area (Å²) in [5.74, 6) is 2.24. The first-order valence-electron chi connectivity index (χ1n) is 11.0. The number of fused-ring (bicyclic) bond motifs is 5. The van der Waals surface area contributed by atoms with Crippen LogP contribution in [-0.4, -0.2) is 53.6 Å². The Bertz CT molecular complexity index is 655. The molecule has 6 atom stereocenters. The van der Waals surface area contributed by atoms with Crippen LogP contribution in [0.25, 0.3) is 0 Å². The quantitative estimate of drug-likeness (QED) is 0.820. The number of likely N-dealkylation sites (tertiary alicyclic amines) is 1. The highest BCUT2D eigenvalue weighted by Crippen LogP contribution is 2.66. The zero-order valence-corrected chi connectivity index (χ0v) is 17.9. The third kappa shape index (κ3) is 2.73. The number of allylic oxidation sites excluding steroid dienone is 2. The Morgan fingerprint density at radius 3 is 2.56 bits per heavy atom. The summed E-state index contributed by atoms with van der Waals surface area (Å²) in [5, 5.41) is 11.1. The van der Waals surface area contributed by atoms with Crippen LogP contribution < -0.4 is 0 Å². The second-order valence-corrected chi connectivity index (χ2v) is 10.7. The molecule has 2 saturated carbocycles. The number of hydrogen-bond acceptors (Lipinski definition) is 3. The van der Waals surface area contributed by atoms with Gasteiger partial charge in [-0.15, -0.1) is 0 Å². The highest BCUT2D eigenvalue weighted by atomic mass is 16.3. The van der Waals surface area contributed by atoms with E-state index < -0.39 is 5.60 Å². The largest absolute Gasteiger partial charge is 0.390 e. The van der Waals surface area contributed by atoms with E-state index in [1.165, 1.54) is 12.1 Å². The Morgan fingerprint density at radius 2 is 1.85 bits per heavy atom. The number of aliphatic hydroxyl groups is 1. The summed E-state index contributed by atoms with van der Waals surface area (Å²) in [6.07, 6.45) is 9.59. The molecule has 3 aliphatic carbocycles. The van der Waals surface area contributed by atoms with Crippen LogP contribution in [0.5, 0.6) is 0 Å². The van der Waals surface area contributed by atoms with Crippen LogP contribution in [0.4, 0.5) is 0 Å². The Labute approximate surface area is 165 Å². The van der Waals surface area contributed by atoms with Crippen molar-refractivity contribution in [1.82, 2.24) is 9.80 Å². The summed E-state index contributed by atoms with van der Waals surface area (Å²) in [6, 6.07) is 0. The number of carbonyl (C=O) groups excluding carboxylic acids is 1. The number of amides is 1. The molecule has 27 heavy (non-hydrogen) atoms. The molecule has 4 aliphatic rings. The number of nitrogens with zero attached hydrogens (tertiary/aromatic N) is 2. The monoisotopic (exact) mass is 374 g/mol. The zero-order valence-electron chi connectivity index (χ0n) is 17.9. The van der Waals surface area contributed by atoms with Gasteiger partial charge in [-0.2, -0.15) is 0 Å². The summed E-state index contributed by atoms with van der Waals surface area (Å²) in [4.78, 5) is 17.0. The van der Waals surface area contributed by atoms with Crippen LogP contribution in [0, 0.1) is 28.6 Å². The first kappa shape index (κ1) is 19.4. The molecular formula is C23H38N2O2. The van der Waals surface area contributed by atoms with Gasteiger partial charge in [-0.1, -0.05) is 19.9 Å². The predicted molar refractivity (Wildman–Crippen MR) is 108 cm³/mol. The number of rotatable bonds is 3. The molecule has 1 heterocycles. The van der Waals surface area contributed by atoms with Gasteiger partial charge in [-0.05, 0) is 82.7 Å². The molecule has 152 valence electrons. The molecule has 4 heteroatoms.